The van der Waals surface area contributed by atoms with Crippen LogP contribution < -0.4 is 5.32 Å². The molecular weight excluding hydrogens is 214 g/mol. The summed E-state index contributed by atoms with van der Waals surface area (Å²) in [6.07, 6.45) is 2.43. The van der Waals surface area contributed by atoms with Crippen LogP contribution in [-0.4, -0.2) is 22.2 Å². The maximum absolute atomic E-state index is 11.7. The minimum Gasteiger partial charge on any atom is -0.347 e. The summed E-state index contributed by atoms with van der Waals surface area (Å²) in [6, 6.07) is 0. The van der Waals surface area contributed by atoms with Crippen LogP contribution >= 0.6 is 11.6 Å². The first kappa shape index (κ1) is 11.8. The van der Waals surface area contributed by atoms with Crippen LogP contribution in [0.1, 0.15) is 23.0 Å². The maximum atomic E-state index is 11.7. The zero-order valence-electron chi connectivity index (χ0n) is 8.88. The van der Waals surface area contributed by atoms with E-state index in [0.717, 1.165) is 12.1 Å². The van der Waals surface area contributed by atoms with Crippen LogP contribution in [0.2, 0.25) is 0 Å². The van der Waals surface area contributed by atoms with Gasteiger partial charge >= 0.3 is 0 Å². The Morgan fingerprint density at radius 3 is 2.93 bits per heavy atom. The molecule has 82 valence electrons. The Morgan fingerprint density at radius 1 is 1.73 bits per heavy atom. The monoisotopic (exact) mass is 227 g/mol. The van der Waals surface area contributed by atoms with Gasteiger partial charge in [0, 0.05) is 18.3 Å². The predicted octanol–water partition coefficient (Wildman–Crippen LogP) is 1.46. The molecule has 0 saturated heterocycles. The molecule has 0 radical (unpaired) electrons. The molecule has 1 N–H and O–H groups in total. The van der Waals surface area contributed by atoms with Crippen LogP contribution in [0.3, 0.4) is 0 Å². The summed E-state index contributed by atoms with van der Waals surface area (Å²) in [5.41, 5.74) is 1.38. The SMILES string of the molecule is C=C(Cl)CNC(=O)c1cn(C)nc1CC. The van der Waals surface area contributed by atoms with Gasteiger partial charge in [0.15, 0.2) is 0 Å². The summed E-state index contributed by atoms with van der Waals surface area (Å²) in [5.74, 6) is -0.165. The fraction of sp³-hybridized carbons (Fsp3) is 0.400. The molecule has 0 aromatic carbocycles. The average Bonchev–Trinajstić information content (AvgIpc) is 2.56. The van der Waals surface area contributed by atoms with Crippen molar-refractivity contribution in [3.63, 3.8) is 0 Å². The van der Waals surface area contributed by atoms with Crippen LogP contribution in [0.15, 0.2) is 17.8 Å². The molecule has 1 rings (SSSR count). The van der Waals surface area contributed by atoms with E-state index in [1.54, 1.807) is 17.9 Å². The number of hydrogen-bond acceptors (Lipinski definition) is 2. The lowest BCUT2D eigenvalue weighted by Gasteiger charge is -2.02. The van der Waals surface area contributed by atoms with Crippen molar-refractivity contribution < 1.29 is 4.79 Å². The van der Waals surface area contributed by atoms with Crippen molar-refractivity contribution in [2.75, 3.05) is 6.54 Å². The summed E-state index contributed by atoms with van der Waals surface area (Å²) in [5, 5.41) is 7.25. The van der Waals surface area contributed by atoms with Crippen LogP contribution in [0.25, 0.3) is 0 Å². The molecule has 0 bridgehead atoms. The van der Waals surface area contributed by atoms with Crippen molar-refractivity contribution in [1.82, 2.24) is 15.1 Å². The molecule has 0 aliphatic carbocycles. The van der Waals surface area contributed by atoms with Gasteiger partial charge in [-0.2, -0.15) is 5.10 Å². The van der Waals surface area contributed by atoms with Gasteiger partial charge < -0.3 is 5.32 Å². The van der Waals surface area contributed by atoms with Gasteiger partial charge in [0.25, 0.3) is 5.91 Å². The fourth-order valence-electron chi connectivity index (χ4n) is 1.26. The van der Waals surface area contributed by atoms with Crippen molar-refractivity contribution in [3.05, 3.63) is 29.1 Å². The van der Waals surface area contributed by atoms with Crippen molar-refractivity contribution in [1.29, 1.82) is 0 Å². The van der Waals surface area contributed by atoms with Crippen molar-refractivity contribution in [2.45, 2.75) is 13.3 Å². The number of aryl methyl sites for hydroxylation is 2. The first-order valence-corrected chi connectivity index (χ1v) is 5.06. The molecule has 0 fully saturated rings. The highest BCUT2D eigenvalue weighted by molar-refractivity contribution is 6.29. The van der Waals surface area contributed by atoms with E-state index in [1.165, 1.54) is 0 Å². The number of hydrogen-bond donors (Lipinski definition) is 1. The normalized spacial score (nSPS) is 10.1. The second-order valence-corrected chi connectivity index (χ2v) is 3.75. The van der Waals surface area contributed by atoms with Gasteiger partial charge in [-0.25, -0.2) is 0 Å². The lowest BCUT2D eigenvalue weighted by molar-refractivity contribution is 0.0956. The third kappa shape index (κ3) is 3.09. The van der Waals surface area contributed by atoms with Gasteiger partial charge in [0.05, 0.1) is 17.8 Å². The average molecular weight is 228 g/mol. The van der Waals surface area contributed by atoms with Gasteiger partial charge in [-0.15, -0.1) is 0 Å². The minimum absolute atomic E-state index is 0.165. The first-order chi connectivity index (χ1) is 7.04. The van der Waals surface area contributed by atoms with Gasteiger partial charge in [0.1, 0.15) is 0 Å². The Hall–Kier alpha value is -1.29. The minimum atomic E-state index is -0.165. The molecule has 1 aromatic rings. The number of nitrogens with zero attached hydrogens (tertiary/aromatic N) is 2. The fourth-order valence-corrected chi connectivity index (χ4v) is 1.32. The van der Waals surface area contributed by atoms with E-state index >= 15 is 0 Å². The highest BCUT2D eigenvalue weighted by Crippen LogP contribution is 2.07. The standard InChI is InChI=1S/C10H14ClN3O/c1-4-9-8(6-14(3)13-9)10(15)12-5-7(2)11/h6H,2,4-5H2,1,3H3,(H,12,15). The summed E-state index contributed by atoms with van der Waals surface area (Å²) < 4.78 is 1.63. The van der Waals surface area contributed by atoms with E-state index in [2.05, 4.69) is 17.0 Å². The van der Waals surface area contributed by atoms with Crippen LogP contribution in [-0.2, 0) is 13.5 Å². The highest BCUT2D eigenvalue weighted by atomic mass is 35.5. The van der Waals surface area contributed by atoms with E-state index in [4.69, 9.17) is 11.6 Å². The number of nitrogens with one attached hydrogen (secondary N) is 1. The largest absolute Gasteiger partial charge is 0.347 e. The molecule has 0 aliphatic heterocycles. The molecule has 0 unspecified atom stereocenters. The van der Waals surface area contributed by atoms with E-state index in [-0.39, 0.29) is 12.5 Å². The topological polar surface area (TPSA) is 46.9 Å². The third-order valence-electron chi connectivity index (χ3n) is 1.93. The van der Waals surface area contributed by atoms with E-state index in [0.29, 0.717) is 10.6 Å². The molecular formula is C10H14ClN3O. The molecule has 0 atom stereocenters. The molecule has 0 spiro atoms. The zero-order valence-corrected chi connectivity index (χ0v) is 9.64. The summed E-state index contributed by atoms with van der Waals surface area (Å²) in [4.78, 5) is 11.7. The summed E-state index contributed by atoms with van der Waals surface area (Å²) in [6.45, 7) is 5.73. The highest BCUT2D eigenvalue weighted by Gasteiger charge is 2.13. The Balaban J connectivity index is 2.76. The smallest absolute Gasteiger partial charge is 0.255 e. The molecule has 1 aromatic heterocycles. The van der Waals surface area contributed by atoms with E-state index in [1.807, 2.05) is 6.92 Å². The number of carbonyl (C=O) groups is 1. The maximum Gasteiger partial charge on any atom is 0.255 e. The number of aromatic nitrogens is 2. The molecule has 4 nitrogen and oxygen atoms in total. The molecule has 5 heteroatoms. The Bertz CT molecular complexity index is 384. The van der Waals surface area contributed by atoms with E-state index in [9.17, 15) is 4.79 Å². The summed E-state index contributed by atoms with van der Waals surface area (Å²) >= 11 is 5.56. The van der Waals surface area contributed by atoms with Crippen LogP contribution in [0, 0.1) is 0 Å². The number of amides is 1. The molecule has 15 heavy (non-hydrogen) atoms. The third-order valence-corrected chi connectivity index (χ3v) is 2.06. The number of halogens is 1. The second kappa shape index (κ2) is 4.98. The lowest BCUT2D eigenvalue weighted by atomic mass is 10.2. The predicted molar refractivity (Wildman–Crippen MR) is 59.9 cm³/mol. The Morgan fingerprint density at radius 2 is 2.40 bits per heavy atom. The van der Waals surface area contributed by atoms with Crippen LogP contribution in [0.5, 0.6) is 0 Å². The van der Waals surface area contributed by atoms with Crippen molar-refractivity contribution in [2.24, 2.45) is 7.05 Å². The van der Waals surface area contributed by atoms with Gasteiger partial charge in [-0.1, -0.05) is 25.1 Å². The molecule has 1 heterocycles. The van der Waals surface area contributed by atoms with Crippen molar-refractivity contribution >= 4 is 17.5 Å². The molecule has 1 amide bonds. The quantitative estimate of drug-likeness (QED) is 0.847. The van der Waals surface area contributed by atoms with Gasteiger partial charge in [0.2, 0.25) is 0 Å². The van der Waals surface area contributed by atoms with Gasteiger partial charge in [-0.3, -0.25) is 9.48 Å². The van der Waals surface area contributed by atoms with E-state index < -0.39 is 0 Å². The lowest BCUT2D eigenvalue weighted by Crippen LogP contribution is -2.25. The first-order valence-electron chi connectivity index (χ1n) is 4.68. The number of carbonyl (C=O) groups excluding carboxylic acids is 1. The number of rotatable bonds is 4. The Labute approximate surface area is 93.9 Å². The second-order valence-electron chi connectivity index (χ2n) is 3.22. The zero-order chi connectivity index (χ0) is 11.4. The molecule has 0 aliphatic rings. The van der Waals surface area contributed by atoms with Crippen molar-refractivity contribution in [3.8, 4) is 0 Å². The summed E-state index contributed by atoms with van der Waals surface area (Å²) in [7, 11) is 1.79. The van der Waals surface area contributed by atoms with Crippen LogP contribution in [0.4, 0.5) is 0 Å². The Kier molecular flexibility index (Phi) is 3.91. The van der Waals surface area contributed by atoms with Gasteiger partial charge in [-0.05, 0) is 6.42 Å². The molecule has 0 saturated carbocycles.